The highest BCUT2D eigenvalue weighted by Gasteiger charge is 2.52. The van der Waals surface area contributed by atoms with Crippen LogP contribution in [0.1, 0.15) is 65.5 Å². The highest BCUT2D eigenvalue weighted by molar-refractivity contribution is 7.92. The SMILES string of the molecule is Cc1ccnc(C(=O)[C@]23Cc4cnn(-c5ccc(F)cc5)c4C=C2CC[C@H](S(=O)(=O)c2cnn(C4CC4)n2)C3)c1. The second-order valence-electron chi connectivity index (χ2n) is 11.1. The van der Waals surface area contributed by atoms with Gasteiger partial charge in [-0.1, -0.05) is 5.57 Å². The number of carbonyl (C=O) groups is 1. The molecule has 40 heavy (non-hydrogen) atoms. The van der Waals surface area contributed by atoms with E-state index in [-0.39, 0.29) is 29.1 Å². The molecule has 3 aliphatic carbocycles. The molecule has 0 spiro atoms. The molecule has 4 aromatic rings. The third-order valence-corrected chi connectivity index (χ3v) is 10.4. The monoisotopic (exact) mass is 558 g/mol. The van der Waals surface area contributed by atoms with Crippen LogP contribution in [0.4, 0.5) is 4.39 Å². The molecule has 3 heterocycles. The Balaban J connectivity index is 1.31. The summed E-state index contributed by atoms with van der Waals surface area (Å²) in [7, 11) is -3.83. The van der Waals surface area contributed by atoms with Crippen LogP contribution in [0, 0.1) is 18.2 Å². The van der Waals surface area contributed by atoms with E-state index in [2.05, 4.69) is 20.3 Å². The average Bonchev–Trinajstić information content (AvgIpc) is 3.53. The van der Waals surface area contributed by atoms with Crippen LogP contribution >= 0.6 is 0 Å². The maximum atomic E-state index is 14.3. The maximum absolute atomic E-state index is 14.3. The van der Waals surface area contributed by atoms with Gasteiger partial charge in [0.05, 0.1) is 40.5 Å². The number of aromatic nitrogens is 6. The van der Waals surface area contributed by atoms with Crippen molar-refractivity contribution in [1.29, 1.82) is 0 Å². The molecule has 0 radical (unpaired) electrons. The van der Waals surface area contributed by atoms with Gasteiger partial charge >= 0.3 is 0 Å². The molecule has 204 valence electrons. The molecule has 2 saturated carbocycles. The molecule has 0 bridgehead atoms. The van der Waals surface area contributed by atoms with E-state index in [1.807, 2.05) is 19.1 Å². The van der Waals surface area contributed by atoms with Crippen LogP contribution in [0.3, 0.4) is 0 Å². The standard InChI is InChI=1S/C29H27FN6O3S/c1-18-10-11-31-25(12-18)28(37)29-14-19-16-32-35(22-5-3-21(30)4-6-22)26(19)13-20(29)2-9-24(15-29)40(38,39)27-17-33-36(34-27)23-7-8-23/h3-6,10-13,16-17,23-24H,2,7-9,14-15H2,1H3/t24-,29-/m0/s1. The average molecular weight is 559 g/mol. The number of allylic oxidation sites excluding steroid dienone is 1. The van der Waals surface area contributed by atoms with Crippen LogP contribution in [0.15, 0.2) is 65.6 Å². The van der Waals surface area contributed by atoms with Gasteiger partial charge in [0.2, 0.25) is 9.84 Å². The van der Waals surface area contributed by atoms with E-state index >= 15 is 0 Å². The van der Waals surface area contributed by atoms with Crippen LogP contribution < -0.4 is 0 Å². The number of hydrogen-bond acceptors (Lipinski definition) is 7. The molecule has 3 aromatic heterocycles. The lowest BCUT2D eigenvalue weighted by Crippen LogP contribution is -2.46. The van der Waals surface area contributed by atoms with Crippen LogP contribution in [0.25, 0.3) is 11.8 Å². The van der Waals surface area contributed by atoms with Crippen LogP contribution in [0.2, 0.25) is 0 Å². The van der Waals surface area contributed by atoms with E-state index in [1.165, 1.54) is 23.1 Å². The zero-order chi connectivity index (χ0) is 27.6. The van der Waals surface area contributed by atoms with E-state index in [1.54, 1.807) is 35.3 Å². The first kappa shape index (κ1) is 25.0. The predicted molar refractivity (Wildman–Crippen MR) is 144 cm³/mol. The Morgan fingerprint density at radius 2 is 1.88 bits per heavy atom. The van der Waals surface area contributed by atoms with Gasteiger partial charge in [-0.05, 0) is 99.0 Å². The van der Waals surface area contributed by atoms with E-state index < -0.39 is 20.5 Å². The number of pyridine rings is 1. The Morgan fingerprint density at radius 3 is 2.62 bits per heavy atom. The normalized spacial score (nSPS) is 22.4. The highest BCUT2D eigenvalue weighted by Crippen LogP contribution is 2.51. The number of hydrogen-bond donors (Lipinski definition) is 0. The minimum absolute atomic E-state index is 0.0336. The van der Waals surface area contributed by atoms with Crippen molar-refractivity contribution in [3.8, 4) is 5.69 Å². The van der Waals surface area contributed by atoms with Crippen LogP contribution in [-0.2, 0) is 16.3 Å². The zero-order valence-corrected chi connectivity index (χ0v) is 22.7. The van der Waals surface area contributed by atoms with E-state index in [0.29, 0.717) is 30.6 Å². The summed E-state index contributed by atoms with van der Waals surface area (Å²) in [6, 6.07) is 9.82. The number of rotatable bonds is 6. The Hall–Kier alpha value is -3.99. The summed E-state index contributed by atoms with van der Waals surface area (Å²) < 4.78 is 43.0. The molecule has 2 fully saturated rings. The number of benzene rings is 1. The van der Waals surface area contributed by atoms with Gasteiger partial charge in [0.25, 0.3) is 0 Å². The van der Waals surface area contributed by atoms with Crippen molar-refractivity contribution >= 4 is 21.7 Å². The first-order valence-electron chi connectivity index (χ1n) is 13.4. The Labute approximate surface area is 230 Å². The third-order valence-electron chi connectivity index (χ3n) is 8.36. The molecular formula is C29H27FN6O3S. The number of ketones is 1. The lowest BCUT2D eigenvalue weighted by Gasteiger charge is -2.43. The van der Waals surface area contributed by atoms with Gasteiger partial charge in [0.15, 0.2) is 10.8 Å². The van der Waals surface area contributed by atoms with Gasteiger partial charge in [-0.15, -0.1) is 5.10 Å². The maximum Gasteiger partial charge on any atom is 0.201 e. The van der Waals surface area contributed by atoms with Gasteiger partial charge in [-0.3, -0.25) is 9.78 Å². The Bertz CT molecular complexity index is 1790. The molecule has 7 rings (SSSR count). The summed E-state index contributed by atoms with van der Waals surface area (Å²) in [5.74, 6) is -0.528. The molecule has 1 aromatic carbocycles. The van der Waals surface area contributed by atoms with Crippen molar-refractivity contribution in [2.45, 2.75) is 61.8 Å². The zero-order valence-electron chi connectivity index (χ0n) is 21.9. The second-order valence-corrected chi connectivity index (χ2v) is 13.2. The lowest BCUT2D eigenvalue weighted by molar-refractivity contribution is 0.0796. The summed E-state index contributed by atoms with van der Waals surface area (Å²) in [4.78, 5) is 20.2. The van der Waals surface area contributed by atoms with E-state index in [4.69, 9.17) is 0 Å². The molecule has 3 aliphatic rings. The number of carbonyl (C=O) groups excluding carboxylic acids is 1. The molecule has 9 nitrogen and oxygen atoms in total. The quantitative estimate of drug-likeness (QED) is 0.321. The number of sulfone groups is 1. The van der Waals surface area contributed by atoms with Gasteiger partial charge in [-0.2, -0.15) is 15.0 Å². The number of fused-ring (bicyclic) bond motifs is 2. The summed E-state index contributed by atoms with van der Waals surface area (Å²) in [6.07, 6.45) is 9.71. The van der Waals surface area contributed by atoms with Crippen molar-refractivity contribution in [3.63, 3.8) is 0 Å². The first-order chi connectivity index (χ1) is 19.2. The topological polar surface area (TPSA) is 113 Å². The van der Waals surface area contributed by atoms with Gasteiger partial charge in [-0.25, -0.2) is 17.5 Å². The highest BCUT2D eigenvalue weighted by atomic mass is 32.2. The van der Waals surface area contributed by atoms with Gasteiger partial charge in [0, 0.05) is 6.20 Å². The largest absolute Gasteiger partial charge is 0.291 e. The molecular weight excluding hydrogens is 531 g/mol. The van der Waals surface area contributed by atoms with Crippen molar-refractivity contribution < 1.29 is 17.6 Å². The van der Waals surface area contributed by atoms with Crippen molar-refractivity contribution in [2.24, 2.45) is 5.41 Å². The van der Waals surface area contributed by atoms with Crippen molar-refractivity contribution in [1.82, 2.24) is 29.8 Å². The fourth-order valence-corrected chi connectivity index (χ4v) is 7.73. The smallest absolute Gasteiger partial charge is 0.201 e. The fraction of sp³-hybridized carbons (Fsp3) is 0.345. The predicted octanol–water partition coefficient (Wildman–Crippen LogP) is 4.48. The van der Waals surface area contributed by atoms with E-state index in [0.717, 1.165) is 35.2 Å². The lowest BCUT2D eigenvalue weighted by atomic mass is 9.61. The molecule has 0 amide bonds. The Morgan fingerprint density at radius 1 is 1.07 bits per heavy atom. The minimum Gasteiger partial charge on any atom is -0.291 e. The minimum atomic E-state index is -3.83. The van der Waals surface area contributed by atoms with Gasteiger partial charge in [0.1, 0.15) is 11.5 Å². The molecule has 0 saturated heterocycles. The van der Waals surface area contributed by atoms with E-state index in [9.17, 15) is 17.6 Å². The summed E-state index contributed by atoms with van der Waals surface area (Å²) in [5.41, 5.74) is 3.34. The van der Waals surface area contributed by atoms with Crippen LogP contribution in [-0.4, -0.2) is 49.2 Å². The van der Waals surface area contributed by atoms with Crippen molar-refractivity contribution in [2.75, 3.05) is 0 Å². The Kier molecular flexibility index (Phi) is 5.64. The number of nitrogens with zero attached hydrogens (tertiary/aromatic N) is 6. The summed E-state index contributed by atoms with van der Waals surface area (Å²) in [6.45, 7) is 1.90. The second kappa shape index (κ2) is 9.02. The number of aryl methyl sites for hydroxylation is 1. The molecule has 0 N–H and O–H groups in total. The summed E-state index contributed by atoms with van der Waals surface area (Å²) in [5, 5.41) is 12.2. The molecule has 0 unspecified atom stereocenters. The number of halogens is 1. The molecule has 2 atom stereocenters. The van der Waals surface area contributed by atoms with Crippen LogP contribution in [0.5, 0.6) is 0 Å². The third kappa shape index (κ3) is 4.02. The summed E-state index contributed by atoms with van der Waals surface area (Å²) >= 11 is 0. The molecule has 11 heteroatoms. The van der Waals surface area contributed by atoms with Gasteiger partial charge < -0.3 is 0 Å². The number of Topliss-reactive ketones (excluding diaryl/α,β-unsaturated/α-hetero) is 1. The first-order valence-corrected chi connectivity index (χ1v) is 15.0. The fourth-order valence-electron chi connectivity index (χ4n) is 6.07. The molecule has 0 aliphatic heterocycles. The van der Waals surface area contributed by atoms with Crippen molar-refractivity contribution in [3.05, 3.63) is 88.9 Å².